The molecule has 146 valence electrons. The van der Waals surface area contributed by atoms with Crippen LogP contribution in [0.25, 0.3) is 0 Å². The van der Waals surface area contributed by atoms with Crippen LogP contribution in [0.15, 0.2) is 72.8 Å². The summed E-state index contributed by atoms with van der Waals surface area (Å²) in [5.74, 6) is -1.76. The Kier molecular flexibility index (Phi) is 4.64. The zero-order valence-corrected chi connectivity index (χ0v) is 15.4. The number of phenolic OH excluding ortho intramolecular Hbond substituents is 1. The molecule has 29 heavy (non-hydrogen) atoms. The first kappa shape index (κ1) is 18.8. The number of para-hydroxylation sites is 2. The number of ketones is 1. The van der Waals surface area contributed by atoms with E-state index in [0.717, 1.165) is 0 Å². The number of anilines is 1. The first-order valence-electron chi connectivity index (χ1n) is 9.09. The Morgan fingerprint density at radius 3 is 2.34 bits per heavy atom. The molecule has 0 bridgehead atoms. The monoisotopic (exact) mass is 391 g/mol. The summed E-state index contributed by atoms with van der Waals surface area (Å²) in [5, 5.41) is 21.2. The van der Waals surface area contributed by atoms with Crippen molar-refractivity contribution in [3.8, 4) is 5.75 Å². The number of hydrogen-bond donors (Lipinski definition) is 2. The lowest BCUT2D eigenvalue weighted by Crippen LogP contribution is -2.41. The lowest BCUT2D eigenvalue weighted by molar-refractivity contribution is -0.136. The summed E-state index contributed by atoms with van der Waals surface area (Å²) in [6.07, 6.45) is -0.500. The molecule has 0 fully saturated rings. The van der Waals surface area contributed by atoms with Crippen LogP contribution in [0.4, 0.5) is 10.1 Å². The maximum atomic E-state index is 13.2. The minimum Gasteiger partial charge on any atom is -0.507 e. The topological polar surface area (TPSA) is 77.8 Å². The molecule has 1 aliphatic rings. The van der Waals surface area contributed by atoms with Gasteiger partial charge in [0, 0.05) is 5.56 Å². The number of fused-ring (bicyclic) bond motifs is 1. The highest BCUT2D eigenvalue weighted by Crippen LogP contribution is 2.43. The molecule has 1 amide bonds. The number of nitrogens with zero attached hydrogens (tertiary/aromatic N) is 1. The van der Waals surface area contributed by atoms with Gasteiger partial charge >= 0.3 is 0 Å². The van der Waals surface area contributed by atoms with Crippen LogP contribution in [0.1, 0.15) is 27.9 Å². The van der Waals surface area contributed by atoms with E-state index in [4.69, 9.17) is 0 Å². The van der Waals surface area contributed by atoms with Crippen molar-refractivity contribution < 1.29 is 24.2 Å². The second-order valence-electron chi connectivity index (χ2n) is 7.01. The van der Waals surface area contributed by atoms with Gasteiger partial charge in [0.05, 0.1) is 24.2 Å². The molecule has 0 aliphatic carbocycles. The van der Waals surface area contributed by atoms with Gasteiger partial charge in [0.25, 0.3) is 5.91 Å². The van der Waals surface area contributed by atoms with E-state index in [1.54, 1.807) is 48.5 Å². The number of aliphatic hydroxyl groups is 1. The van der Waals surface area contributed by atoms with Crippen molar-refractivity contribution in [3.05, 3.63) is 95.3 Å². The minimum atomic E-state index is -2.05. The van der Waals surface area contributed by atoms with E-state index in [2.05, 4.69) is 0 Å². The predicted octanol–water partition coefficient (Wildman–Crippen LogP) is 3.54. The van der Waals surface area contributed by atoms with Gasteiger partial charge in [-0.3, -0.25) is 9.59 Å². The fraction of sp³-hybridized carbons (Fsp3) is 0.130. The fourth-order valence-corrected chi connectivity index (χ4v) is 3.64. The van der Waals surface area contributed by atoms with Crippen LogP contribution in [0.5, 0.6) is 5.75 Å². The summed E-state index contributed by atoms with van der Waals surface area (Å²) in [5.41, 5.74) is -0.491. The number of halogens is 1. The number of Topliss-reactive ketones (excluding diaryl/α,β-unsaturated/α-hetero) is 1. The van der Waals surface area contributed by atoms with Gasteiger partial charge in [-0.1, -0.05) is 42.5 Å². The van der Waals surface area contributed by atoms with E-state index in [9.17, 15) is 24.2 Å². The average Bonchev–Trinajstić information content (AvgIpc) is 2.92. The highest BCUT2D eigenvalue weighted by atomic mass is 19.1. The molecule has 0 saturated heterocycles. The predicted molar refractivity (Wildman–Crippen MR) is 105 cm³/mol. The molecule has 2 N–H and O–H groups in total. The van der Waals surface area contributed by atoms with Crippen molar-refractivity contribution >= 4 is 17.4 Å². The first-order valence-corrected chi connectivity index (χ1v) is 9.09. The van der Waals surface area contributed by atoms with Gasteiger partial charge in [-0.05, 0) is 35.9 Å². The Hall–Kier alpha value is -3.51. The Balaban J connectivity index is 1.69. The largest absolute Gasteiger partial charge is 0.507 e. The number of carbonyl (C=O) groups is 2. The molecule has 3 aromatic rings. The third-order valence-electron chi connectivity index (χ3n) is 5.11. The quantitative estimate of drug-likeness (QED) is 0.652. The van der Waals surface area contributed by atoms with Gasteiger partial charge in [-0.2, -0.15) is 0 Å². The average molecular weight is 391 g/mol. The van der Waals surface area contributed by atoms with E-state index < -0.39 is 23.7 Å². The second kappa shape index (κ2) is 7.14. The third-order valence-corrected chi connectivity index (χ3v) is 5.11. The molecule has 5 nitrogen and oxygen atoms in total. The SMILES string of the molecule is O=C(C[C@@]1(O)C(=O)N(Cc2ccc(F)cc2)c2ccccc21)c1ccccc1O. The maximum Gasteiger partial charge on any atom is 0.264 e. The molecule has 0 aromatic heterocycles. The Labute approximate surface area is 166 Å². The molecule has 0 spiro atoms. The molecule has 1 atom stereocenters. The van der Waals surface area contributed by atoms with Gasteiger partial charge < -0.3 is 15.1 Å². The van der Waals surface area contributed by atoms with Crippen molar-refractivity contribution in [2.75, 3.05) is 4.90 Å². The number of hydrogen-bond acceptors (Lipinski definition) is 4. The number of benzene rings is 3. The zero-order chi connectivity index (χ0) is 20.6. The molecule has 6 heteroatoms. The summed E-state index contributed by atoms with van der Waals surface area (Å²) < 4.78 is 13.2. The lowest BCUT2D eigenvalue weighted by Gasteiger charge is -2.23. The van der Waals surface area contributed by atoms with Crippen LogP contribution in [0, 0.1) is 5.82 Å². The molecule has 0 radical (unpaired) electrons. The van der Waals surface area contributed by atoms with Gasteiger partial charge in [0.1, 0.15) is 11.6 Å². The first-order chi connectivity index (χ1) is 13.9. The van der Waals surface area contributed by atoms with Crippen LogP contribution in [0.3, 0.4) is 0 Å². The van der Waals surface area contributed by atoms with Crippen LogP contribution >= 0.6 is 0 Å². The van der Waals surface area contributed by atoms with Gasteiger partial charge in [-0.25, -0.2) is 4.39 Å². The zero-order valence-electron chi connectivity index (χ0n) is 15.4. The van der Waals surface area contributed by atoms with Crippen LogP contribution in [0.2, 0.25) is 0 Å². The minimum absolute atomic E-state index is 0.0446. The van der Waals surface area contributed by atoms with E-state index >= 15 is 0 Å². The lowest BCUT2D eigenvalue weighted by atomic mass is 9.88. The van der Waals surface area contributed by atoms with E-state index in [-0.39, 0.29) is 23.7 Å². The Bertz CT molecular complexity index is 1100. The van der Waals surface area contributed by atoms with Crippen molar-refractivity contribution in [1.82, 2.24) is 0 Å². The van der Waals surface area contributed by atoms with Crippen molar-refractivity contribution in [2.45, 2.75) is 18.6 Å². The fourth-order valence-electron chi connectivity index (χ4n) is 3.64. The molecule has 1 aliphatic heterocycles. The van der Waals surface area contributed by atoms with Crippen LogP contribution < -0.4 is 4.90 Å². The summed E-state index contributed by atoms with van der Waals surface area (Å²) in [4.78, 5) is 27.3. The van der Waals surface area contributed by atoms with Crippen LogP contribution in [-0.2, 0) is 16.9 Å². The van der Waals surface area contributed by atoms with E-state index in [0.29, 0.717) is 16.8 Å². The van der Waals surface area contributed by atoms with Crippen molar-refractivity contribution in [2.24, 2.45) is 0 Å². The van der Waals surface area contributed by atoms with Gasteiger partial charge in [0.15, 0.2) is 11.4 Å². The second-order valence-corrected chi connectivity index (χ2v) is 7.01. The van der Waals surface area contributed by atoms with Crippen molar-refractivity contribution in [3.63, 3.8) is 0 Å². The molecule has 1 heterocycles. The van der Waals surface area contributed by atoms with Crippen molar-refractivity contribution in [1.29, 1.82) is 0 Å². The standard InChI is InChI=1S/C23H18FNO4/c24-16-11-9-15(10-12-16)14-25-19-7-3-2-6-18(19)23(29,22(25)28)13-21(27)17-5-1-4-8-20(17)26/h1-12,26,29H,13-14H2/t23-/m0/s1. The Morgan fingerprint density at radius 2 is 1.62 bits per heavy atom. The molecule has 0 unspecified atom stereocenters. The van der Waals surface area contributed by atoms with E-state index in [1.165, 1.54) is 29.2 Å². The molecular weight excluding hydrogens is 373 g/mol. The van der Waals surface area contributed by atoms with Gasteiger partial charge in [0.2, 0.25) is 0 Å². The summed E-state index contributed by atoms with van der Waals surface area (Å²) in [6.45, 7) is 0.128. The number of phenols is 1. The highest BCUT2D eigenvalue weighted by molar-refractivity contribution is 6.11. The number of rotatable bonds is 5. The summed E-state index contributed by atoms with van der Waals surface area (Å²) in [7, 11) is 0. The number of aromatic hydroxyl groups is 1. The van der Waals surface area contributed by atoms with Gasteiger partial charge in [-0.15, -0.1) is 0 Å². The molecular formula is C23H18FNO4. The van der Waals surface area contributed by atoms with Crippen LogP contribution in [-0.4, -0.2) is 21.9 Å². The number of amides is 1. The summed E-state index contributed by atoms with van der Waals surface area (Å²) in [6, 6.07) is 18.5. The summed E-state index contributed by atoms with van der Waals surface area (Å²) >= 11 is 0. The third kappa shape index (κ3) is 3.28. The number of carbonyl (C=O) groups excluding carboxylic acids is 2. The normalized spacial score (nSPS) is 18.0. The smallest absolute Gasteiger partial charge is 0.264 e. The molecule has 3 aromatic carbocycles. The molecule has 0 saturated carbocycles. The maximum absolute atomic E-state index is 13.2. The molecule has 4 rings (SSSR count). The highest BCUT2D eigenvalue weighted by Gasteiger charge is 2.50. The van der Waals surface area contributed by atoms with E-state index in [1.807, 2.05) is 0 Å². The Morgan fingerprint density at radius 1 is 0.966 bits per heavy atom.